The Hall–Kier alpha value is -3.14. The van der Waals surface area contributed by atoms with Crippen LogP contribution in [-0.4, -0.2) is 8.32 Å². The van der Waals surface area contributed by atoms with Crippen molar-refractivity contribution in [2.24, 2.45) is 0 Å². The molecule has 3 aromatic rings. The van der Waals surface area contributed by atoms with E-state index in [1.807, 2.05) is 80.3 Å². The van der Waals surface area contributed by atoms with Gasteiger partial charge in [-0.3, -0.25) is 0 Å². The zero-order valence-corrected chi connectivity index (χ0v) is 19.0. The summed E-state index contributed by atoms with van der Waals surface area (Å²) in [4.78, 5) is 0. The van der Waals surface area contributed by atoms with Crippen LogP contribution in [0.15, 0.2) is 72.8 Å². The van der Waals surface area contributed by atoms with Crippen LogP contribution in [0, 0.1) is 17.1 Å². The van der Waals surface area contributed by atoms with Crippen molar-refractivity contribution in [3.05, 3.63) is 95.3 Å². The van der Waals surface area contributed by atoms with Gasteiger partial charge in [0.15, 0.2) is 25.9 Å². The Morgan fingerprint density at radius 3 is 1.77 bits per heavy atom. The van der Waals surface area contributed by atoms with Crippen LogP contribution in [0.2, 0.25) is 19.6 Å². The summed E-state index contributed by atoms with van der Waals surface area (Å²) in [6, 6.07) is 24.2. The Labute approximate surface area is 184 Å². The standard InChI is InChI=1S/C25H26FNO3Si/c1-31(2,3)30-25(16-27)21-14-23(28-17-19-10-6-4-7-11-19)24(15-22(21)26)29-18-20-12-8-5-9-13-20/h4-15,25H,17-18H2,1-3H3. The van der Waals surface area contributed by atoms with E-state index in [0.29, 0.717) is 12.4 Å². The van der Waals surface area contributed by atoms with Gasteiger partial charge in [0.2, 0.25) is 0 Å². The number of hydrogen-bond donors (Lipinski definition) is 0. The zero-order valence-electron chi connectivity index (χ0n) is 18.0. The first-order chi connectivity index (χ1) is 14.9. The maximum Gasteiger partial charge on any atom is 0.186 e. The maximum absolute atomic E-state index is 15.0. The third-order valence-electron chi connectivity index (χ3n) is 4.41. The normalized spacial score (nSPS) is 12.1. The first-order valence-corrected chi connectivity index (χ1v) is 13.5. The number of hydrogen-bond acceptors (Lipinski definition) is 4. The van der Waals surface area contributed by atoms with Crippen LogP contribution in [0.1, 0.15) is 22.8 Å². The van der Waals surface area contributed by atoms with Gasteiger partial charge in [-0.1, -0.05) is 60.7 Å². The average molecular weight is 436 g/mol. The van der Waals surface area contributed by atoms with E-state index in [1.54, 1.807) is 0 Å². The minimum atomic E-state index is -2.07. The van der Waals surface area contributed by atoms with E-state index < -0.39 is 20.2 Å². The lowest BCUT2D eigenvalue weighted by Crippen LogP contribution is -2.27. The van der Waals surface area contributed by atoms with E-state index in [9.17, 15) is 9.65 Å². The van der Waals surface area contributed by atoms with Crippen LogP contribution in [0.25, 0.3) is 0 Å². The molecule has 3 rings (SSSR count). The molecule has 1 unspecified atom stereocenters. The molecule has 0 heterocycles. The third-order valence-corrected chi connectivity index (χ3v) is 5.35. The second kappa shape index (κ2) is 10.2. The molecule has 0 amide bonds. The first kappa shape index (κ1) is 22.5. The second-order valence-electron chi connectivity index (χ2n) is 8.11. The molecule has 0 aliphatic heterocycles. The fourth-order valence-corrected chi connectivity index (χ4v) is 3.85. The lowest BCUT2D eigenvalue weighted by molar-refractivity contribution is 0.238. The first-order valence-electron chi connectivity index (χ1n) is 10.1. The monoisotopic (exact) mass is 435 g/mol. The van der Waals surface area contributed by atoms with E-state index in [4.69, 9.17) is 13.9 Å². The Morgan fingerprint density at radius 2 is 1.32 bits per heavy atom. The van der Waals surface area contributed by atoms with Crippen molar-refractivity contribution in [1.29, 1.82) is 5.26 Å². The maximum atomic E-state index is 15.0. The molecule has 6 heteroatoms. The van der Waals surface area contributed by atoms with Crippen molar-refractivity contribution in [2.75, 3.05) is 0 Å². The summed E-state index contributed by atoms with van der Waals surface area (Å²) in [5, 5.41) is 9.60. The van der Waals surface area contributed by atoms with Crippen molar-refractivity contribution in [3.8, 4) is 17.6 Å². The SMILES string of the molecule is C[Si](C)(C)OC(C#N)c1cc(OCc2ccccc2)c(OCc2ccccc2)cc1F. The van der Waals surface area contributed by atoms with Crippen molar-refractivity contribution in [3.63, 3.8) is 0 Å². The van der Waals surface area contributed by atoms with Crippen LogP contribution in [0.5, 0.6) is 11.5 Å². The molecule has 31 heavy (non-hydrogen) atoms. The molecule has 3 aromatic carbocycles. The summed E-state index contributed by atoms with van der Waals surface area (Å²) in [5.74, 6) is 0.0984. The summed E-state index contributed by atoms with van der Waals surface area (Å²) in [6.45, 7) is 6.44. The molecule has 0 N–H and O–H groups in total. The van der Waals surface area contributed by atoms with Gasteiger partial charge < -0.3 is 13.9 Å². The molecule has 0 radical (unpaired) electrons. The molecule has 0 spiro atoms. The predicted molar refractivity (Wildman–Crippen MR) is 121 cm³/mol. The molecule has 0 aliphatic carbocycles. The zero-order chi connectivity index (χ0) is 22.3. The highest BCUT2D eigenvalue weighted by Crippen LogP contribution is 2.36. The van der Waals surface area contributed by atoms with E-state index in [0.717, 1.165) is 11.1 Å². The number of nitrogens with zero attached hydrogens (tertiary/aromatic N) is 1. The van der Waals surface area contributed by atoms with Crippen molar-refractivity contribution < 1.29 is 18.3 Å². The molecule has 0 fully saturated rings. The van der Waals surface area contributed by atoms with Gasteiger partial charge in [0.05, 0.1) is 6.07 Å². The van der Waals surface area contributed by atoms with E-state index >= 15 is 0 Å². The van der Waals surface area contributed by atoms with Crippen molar-refractivity contribution >= 4 is 8.32 Å². The Bertz CT molecular complexity index is 1030. The fraction of sp³-hybridized carbons (Fsp3) is 0.240. The summed E-state index contributed by atoms with van der Waals surface area (Å²) < 4.78 is 32.7. The highest BCUT2D eigenvalue weighted by molar-refractivity contribution is 6.69. The number of ether oxygens (including phenoxy) is 2. The van der Waals surface area contributed by atoms with Gasteiger partial charge in [0.1, 0.15) is 19.0 Å². The smallest absolute Gasteiger partial charge is 0.186 e. The molecular formula is C25H26FNO3Si. The van der Waals surface area contributed by atoms with Crippen LogP contribution < -0.4 is 9.47 Å². The molecule has 0 saturated heterocycles. The Balaban J connectivity index is 1.90. The lowest BCUT2D eigenvalue weighted by atomic mass is 10.1. The topological polar surface area (TPSA) is 51.5 Å². The van der Waals surface area contributed by atoms with Crippen molar-refractivity contribution in [1.82, 2.24) is 0 Å². The molecule has 0 saturated carbocycles. The average Bonchev–Trinajstić information content (AvgIpc) is 2.76. The minimum absolute atomic E-state index is 0.153. The van der Waals surface area contributed by atoms with Gasteiger partial charge in [-0.05, 0) is 36.8 Å². The third kappa shape index (κ3) is 6.68. The summed E-state index contributed by atoms with van der Waals surface area (Å²) in [5.41, 5.74) is 2.08. The molecule has 160 valence electrons. The summed E-state index contributed by atoms with van der Waals surface area (Å²) >= 11 is 0. The van der Waals surface area contributed by atoms with Gasteiger partial charge >= 0.3 is 0 Å². The highest BCUT2D eigenvalue weighted by Gasteiger charge is 2.26. The van der Waals surface area contributed by atoms with E-state index in [2.05, 4.69) is 6.07 Å². The van der Waals surface area contributed by atoms with Gasteiger partial charge in [-0.25, -0.2) is 4.39 Å². The van der Waals surface area contributed by atoms with Gasteiger partial charge in [0, 0.05) is 11.6 Å². The van der Waals surface area contributed by atoms with E-state index in [-0.39, 0.29) is 17.9 Å². The molecule has 1 atom stereocenters. The molecule has 0 aliphatic rings. The fourth-order valence-electron chi connectivity index (χ4n) is 2.96. The minimum Gasteiger partial charge on any atom is -0.485 e. The number of halogens is 1. The number of benzene rings is 3. The summed E-state index contributed by atoms with van der Waals surface area (Å²) in [6.07, 6.45) is -1.01. The predicted octanol–water partition coefficient (Wildman–Crippen LogP) is 6.40. The Kier molecular flexibility index (Phi) is 7.45. The summed E-state index contributed by atoms with van der Waals surface area (Å²) in [7, 11) is -2.07. The second-order valence-corrected chi connectivity index (χ2v) is 12.6. The molecule has 0 aromatic heterocycles. The Morgan fingerprint density at radius 1 is 0.839 bits per heavy atom. The van der Waals surface area contributed by atoms with Gasteiger partial charge in [-0.15, -0.1) is 0 Å². The van der Waals surface area contributed by atoms with Crippen LogP contribution in [0.4, 0.5) is 4.39 Å². The highest BCUT2D eigenvalue weighted by atomic mass is 28.4. The molecule has 4 nitrogen and oxygen atoms in total. The van der Waals surface area contributed by atoms with Crippen LogP contribution in [-0.2, 0) is 17.6 Å². The molecular weight excluding hydrogens is 409 g/mol. The molecule has 0 bridgehead atoms. The largest absolute Gasteiger partial charge is 0.485 e. The van der Waals surface area contributed by atoms with Gasteiger partial charge in [-0.2, -0.15) is 5.26 Å². The quantitative estimate of drug-likeness (QED) is 0.365. The van der Waals surface area contributed by atoms with E-state index in [1.165, 1.54) is 12.1 Å². The number of rotatable bonds is 9. The number of nitriles is 1. The van der Waals surface area contributed by atoms with Crippen LogP contribution >= 0.6 is 0 Å². The van der Waals surface area contributed by atoms with Gasteiger partial charge in [0.25, 0.3) is 0 Å². The lowest BCUT2D eigenvalue weighted by Gasteiger charge is -2.23. The van der Waals surface area contributed by atoms with Crippen molar-refractivity contribution in [2.45, 2.75) is 39.0 Å². The van der Waals surface area contributed by atoms with Crippen LogP contribution in [0.3, 0.4) is 0 Å².